The third-order valence-corrected chi connectivity index (χ3v) is 2.75. The Morgan fingerprint density at radius 3 is 2.42 bits per heavy atom. The first-order chi connectivity index (χ1) is 9.31. The smallest absolute Gasteiger partial charge is 0.338 e. The van der Waals surface area contributed by atoms with Gasteiger partial charge in [-0.3, -0.25) is 0 Å². The average Bonchev–Trinajstić information content (AvgIpc) is 2.47. The van der Waals surface area contributed by atoms with E-state index in [2.05, 4.69) is 0 Å². The second kappa shape index (κ2) is 6.50. The molecule has 3 nitrogen and oxygen atoms in total. The molecule has 0 saturated carbocycles. The maximum atomic E-state index is 12.0. The Morgan fingerprint density at radius 1 is 1.00 bits per heavy atom. The monoisotopic (exact) mass is 254 g/mol. The number of esters is 1. The molecule has 19 heavy (non-hydrogen) atoms. The fraction of sp³-hybridized carbons (Fsp3) is 0.125. The lowest BCUT2D eigenvalue weighted by Gasteiger charge is -2.07. The van der Waals surface area contributed by atoms with Crippen LogP contribution in [-0.4, -0.2) is 12.3 Å². The largest absolute Gasteiger partial charge is 0.457 e. The Morgan fingerprint density at radius 2 is 1.68 bits per heavy atom. The molecule has 0 fully saturated rings. The summed E-state index contributed by atoms with van der Waals surface area (Å²) in [5, 5.41) is 0. The highest BCUT2D eigenvalue weighted by Crippen LogP contribution is 2.12. The molecule has 0 spiro atoms. The molecule has 0 aliphatic rings. The van der Waals surface area contributed by atoms with Crippen LogP contribution in [0.25, 0.3) is 0 Å². The topological polar surface area (TPSA) is 43.4 Å². The number of aldehydes is 1. The second-order valence-electron chi connectivity index (χ2n) is 4.09. The fourth-order valence-corrected chi connectivity index (χ4v) is 1.79. The minimum atomic E-state index is -0.402. The molecule has 0 amide bonds. The molecule has 3 heteroatoms. The van der Waals surface area contributed by atoms with Gasteiger partial charge in [-0.2, -0.15) is 0 Å². The minimum absolute atomic E-state index is 0.219. The predicted molar refractivity (Wildman–Crippen MR) is 71.8 cm³/mol. The first-order valence-corrected chi connectivity index (χ1v) is 6.04. The summed E-state index contributed by atoms with van der Waals surface area (Å²) in [6.45, 7) is 0.231. The molecule has 0 aliphatic carbocycles. The highest BCUT2D eigenvalue weighted by Gasteiger charge is 2.11. The normalized spacial score (nSPS) is 9.89. The van der Waals surface area contributed by atoms with E-state index in [0.29, 0.717) is 11.1 Å². The standard InChI is InChI=1S/C16H14O3/c17-11-10-14-8-4-5-9-15(14)16(18)19-12-13-6-2-1-3-7-13/h1-9,11H,10,12H2. The molecule has 0 atom stereocenters. The van der Waals surface area contributed by atoms with E-state index in [9.17, 15) is 9.59 Å². The summed E-state index contributed by atoms with van der Waals surface area (Å²) in [6, 6.07) is 16.5. The molecular formula is C16H14O3. The van der Waals surface area contributed by atoms with Crippen LogP contribution < -0.4 is 0 Å². The van der Waals surface area contributed by atoms with Gasteiger partial charge in [0.2, 0.25) is 0 Å². The summed E-state index contributed by atoms with van der Waals surface area (Å²) < 4.78 is 5.25. The van der Waals surface area contributed by atoms with E-state index in [1.807, 2.05) is 30.3 Å². The number of ether oxygens (including phenoxy) is 1. The number of hydrogen-bond donors (Lipinski definition) is 0. The number of carbonyl (C=O) groups is 2. The van der Waals surface area contributed by atoms with Crippen molar-refractivity contribution in [3.8, 4) is 0 Å². The number of carbonyl (C=O) groups excluding carboxylic acids is 2. The van der Waals surface area contributed by atoms with E-state index < -0.39 is 5.97 Å². The Balaban J connectivity index is 2.06. The first-order valence-electron chi connectivity index (χ1n) is 6.04. The summed E-state index contributed by atoms with van der Waals surface area (Å²) >= 11 is 0. The van der Waals surface area contributed by atoms with Crippen molar-refractivity contribution in [3.05, 3.63) is 71.3 Å². The van der Waals surface area contributed by atoms with Crippen LogP contribution in [0.3, 0.4) is 0 Å². The fourth-order valence-electron chi connectivity index (χ4n) is 1.79. The molecule has 0 saturated heterocycles. The molecule has 0 unspecified atom stereocenters. The van der Waals surface area contributed by atoms with Crippen molar-refractivity contribution in [2.24, 2.45) is 0 Å². The predicted octanol–water partition coefficient (Wildman–Crippen LogP) is 2.79. The maximum Gasteiger partial charge on any atom is 0.338 e. The molecule has 0 N–H and O–H groups in total. The Kier molecular flexibility index (Phi) is 4.45. The third-order valence-electron chi connectivity index (χ3n) is 2.75. The van der Waals surface area contributed by atoms with Crippen LogP contribution in [0, 0.1) is 0 Å². The highest BCUT2D eigenvalue weighted by molar-refractivity contribution is 5.91. The number of hydrogen-bond acceptors (Lipinski definition) is 3. The highest BCUT2D eigenvalue weighted by atomic mass is 16.5. The molecule has 0 aromatic heterocycles. The molecule has 2 aromatic rings. The average molecular weight is 254 g/mol. The van der Waals surface area contributed by atoms with Crippen LogP contribution in [0.2, 0.25) is 0 Å². The summed E-state index contributed by atoms with van der Waals surface area (Å²) in [5.41, 5.74) is 2.07. The van der Waals surface area contributed by atoms with Crippen LogP contribution in [0.15, 0.2) is 54.6 Å². The SMILES string of the molecule is O=CCc1ccccc1C(=O)OCc1ccccc1. The molecule has 2 rings (SSSR count). The van der Waals surface area contributed by atoms with Gasteiger partial charge in [0, 0.05) is 6.42 Å². The Bertz CT molecular complexity index is 561. The Hall–Kier alpha value is -2.42. The van der Waals surface area contributed by atoms with Gasteiger partial charge in [0.1, 0.15) is 12.9 Å². The van der Waals surface area contributed by atoms with Crippen LogP contribution in [0.4, 0.5) is 0 Å². The lowest BCUT2D eigenvalue weighted by Crippen LogP contribution is -2.08. The molecule has 96 valence electrons. The van der Waals surface area contributed by atoms with E-state index in [0.717, 1.165) is 11.8 Å². The zero-order chi connectivity index (χ0) is 13.5. The minimum Gasteiger partial charge on any atom is -0.457 e. The van der Waals surface area contributed by atoms with Crippen LogP contribution >= 0.6 is 0 Å². The maximum absolute atomic E-state index is 12.0. The van der Waals surface area contributed by atoms with Gasteiger partial charge in [-0.1, -0.05) is 48.5 Å². The van der Waals surface area contributed by atoms with Gasteiger partial charge < -0.3 is 9.53 Å². The molecule has 0 radical (unpaired) electrons. The zero-order valence-corrected chi connectivity index (χ0v) is 10.4. The summed E-state index contributed by atoms with van der Waals surface area (Å²) in [7, 11) is 0. The third kappa shape index (κ3) is 3.52. The van der Waals surface area contributed by atoms with Gasteiger partial charge in [0.15, 0.2) is 0 Å². The van der Waals surface area contributed by atoms with Gasteiger partial charge >= 0.3 is 5.97 Å². The molecule has 0 bridgehead atoms. The lowest BCUT2D eigenvalue weighted by atomic mass is 10.1. The van der Waals surface area contributed by atoms with Crippen LogP contribution in [0.1, 0.15) is 21.5 Å². The summed E-state index contributed by atoms with van der Waals surface area (Å²) in [5.74, 6) is -0.402. The first kappa shape index (κ1) is 13.0. The van der Waals surface area contributed by atoms with E-state index in [4.69, 9.17) is 4.74 Å². The van der Waals surface area contributed by atoms with Crippen molar-refractivity contribution in [2.75, 3.05) is 0 Å². The van der Waals surface area contributed by atoms with E-state index in [1.165, 1.54) is 0 Å². The van der Waals surface area contributed by atoms with Crippen molar-refractivity contribution >= 4 is 12.3 Å². The molecular weight excluding hydrogens is 240 g/mol. The number of rotatable bonds is 5. The van der Waals surface area contributed by atoms with Crippen molar-refractivity contribution in [2.45, 2.75) is 13.0 Å². The summed E-state index contributed by atoms with van der Waals surface area (Å²) in [6.07, 6.45) is 1.000. The van der Waals surface area contributed by atoms with Crippen LogP contribution in [0.5, 0.6) is 0 Å². The molecule has 2 aromatic carbocycles. The van der Waals surface area contributed by atoms with Gasteiger partial charge in [-0.05, 0) is 17.2 Å². The van der Waals surface area contributed by atoms with Crippen LogP contribution in [-0.2, 0) is 22.6 Å². The van der Waals surface area contributed by atoms with E-state index >= 15 is 0 Å². The van der Waals surface area contributed by atoms with Crippen molar-refractivity contribution in [1.82, 2.24) is 0 Å². The lowest BCUT2D eigenvalue weighted by molar-refractivity contribution is -0.107. The Labute approximate surface area is 111 Å². The van der Waals surface area contributed by atoms with E-state index in [1.54, 1.807) is 24.3 Å². The van der Waals surface area contributed by atoms with Gasteiger partial charge in [0.25, 0.3) is 0 Å². The van der Waals surface area contributed by atoms with Crippen molar-refractivity contribution < 1.29 is 14.3 Å². The van der Waals surface area contributed by atoms with Crippen molar-refractivity contribution in [1.29, 1.82) is 0 Å². The van der Waals surface area contributed by atoms with Gasteiger partial charge in [-0.15, -0.1) is 0 Å². The number of benzene rings is 2. The van der Waals surface area contributed by atoms with Gasteiger partial charge in [-0.25, -0.2) is 4.79 Å². The van der Waals surface area contributed by atoms with Crippen molar-refractivity contribution in [3.63, 3.8) is 0 Å². The summed E-state index contributed by atoms with van der Waals surface area (Å²) in [4.78, 5) is 22.6. The second-order valence-corrected chi connectivity index (χ2v) is 4.09. The van der Waals surface area contributed by atoms with E-state index in [-0.39, 0.29) is 13.0 Å². The molecule has 0 aliphatic heterocycles. The molecule has 0 heterocycles. The zero-order valence-electron chi connectivity index (χ0n) is 10.4. The quantitative estimate of drug-likeness (QED) is 0.608. The van der Waals surface area contributed by atoms with Gasteiger partial charge in [0.05, 0.1) is 5.56 Å².